The summed E-state index contributed by atoms with van der Waals surface area (Å²) in [6, 6.07) is 0. The average molecular weight is 168 g/mol. The molecule has 0 aromatic rings. The maximum Gasteiger partial charge on any atom is 0.0924 e. The Bertz CT molecular complexity index is 222. The van der Waals surface area contributed by atoms with Gasteiger partial charge in [-0.2, -0.15) is 0 Å². The monoisotopic (exact) mass is 168 g/mol. The van der Waals surface area contributed by atoms with E-state index in [1.807, 2.05) is 6.92 Å². The molecule has 2 bridgehead atoms. The van der Waals surface area contributed by atoms with E-state index in [0.717, 1.165) is 12.8 Å². The van der Waals surface area contributed by atoms with E-state index in [1.54, 1.807) is 0 Å². The number of hydrogen-bond acceptors (Lipinski definition) is 2. The number of aliphatic hydroxyl groups excluding tert-OH is 1. The second kappa shape index (κ2) is 2.57. The predicted octanol–water partition coefficient (Wildman–Crippen LogP) is 1.49. The smallest absolute Gasteiger partial charge is 0.0924 e. The maximum absolute atomic E-state index is 9.21. The van der Waals surface area contributed by atoms with Crippen molar-refractivity contribution >= 4 is 0 Å². The molecule has 0 spiro atoms. The lowest BCUT2D eigenvalue weighted by Crippen LogP contribution is -2.35. The van der Waals surface area contributed by atoms with Crippen LogP contribution < -0.4 is 0 Å². The van der Waals surface area contributed by atoms with Crippen molar-refractivity contribution in [2.75, 3.05) is 6.61 Å². The minimum absolute atomic E-state index is 0.148. The summed E-state index contributed by atoms with van der Waals surface area (Å²) in [6.45, 7) is 4.28. The summed E-state index contributed by atoms with van der Waals surface area (Å²) in [7, 11) is 0. The van der Waals surface area contributed by atoms with Crippen LogP contribution in [0, 0.1) is 5.92 Å². The van der Waals surface area contributed by atoms with Gasteiger partial charge in [0.05, 0.1) is 18.3 Å². The highest BCUT2D eigenvalue weighted by atomic mass is 16.5. The maximum atomic E-state index is 9.21. The van der Waals surface area contributed by atoms with Gasteiger partial charge in [0.1, 0.15) is 0 Å². The summed E-state index contributed by atoms with van der Waals surface area (Å²) in [6.07, 6.45) is 4.69. The van der Waals surface area contributed by atoms with Crippen LogP contribution in [-0.4, -0.2) is 23.4 Å². The van der Waals surface area contributed by atoms with Crippen LogP contribution in [0.3, 0.4) is 0 Å². The van der Waals surface area contributed by atoms with Crippen LogP contribution in [0.4, 0.5) is 0 Å². The SMILES string of the molecule is CC1=CC[C@H]2C[C@H]1O[C@@]2(C)CO. The third-order valence-corrected chi connectivity index (χ3v) is 3.32. The van der Waals surface area contributed by atoms with Gasteiger partial charge in [-0.15, -0.1) is 0 Å². The summed E-state index contributed by atoms with van der Waals surface area (Å²) in [5.41, 5.74) is 1.06. The van der Waals surface area contributed by atoms with Crippen molar-refractivity contribution in [3.63, 3.8) is 0 Å². The van der Waals surface area contributed by atoms with Gasteiger partial charge >= 0.3 is 0 Å². The van der Waals surface area contributed by atoms with Gasteiger partial charge in [-0.05, 0) is 38.2 Å². The molecule has 3 atom stereocenters. The van der Waals surface area contributed by atoms with Crippen molar-refractivity contribution in [3.05, 3.63) is 11.6 Å². The molecule has 1 fully saturated rings. The molecular weight excluding hydrogens is 152 g/mol. The largest absolute Gasteiger partial charge is 0.393 e. The van der Waals surface area contributed by atoms with Gasteiger partial charge in [0.15, 0.2) is 0 Å². The highest BCUT2D eigenvalue weighted by Crippen LogP contribution is 2.43. The fraction of sp³-hybridized carbons (Fsp3) is 0.800. The van der Waals surface area contributed by atoms with Crippen LogP contribution in [0.5, 0.6) is 0 Å². The van der Waals surface area contributed by atoms with Gasteiger partial charge in [-0.1, -0.05) is 6.08 Å². The highest BCUT2D eigenvalue weighted by Gasteiger charge is 2.46. The standard InChI is InChI=1S/C10H16O2/c1-7-3-4-8-5-9(7)12-10(8,2)6-11/h3,8-9,11H,4-6H2,1-2H3/t8-,9+,10-/m0/s1. The van der Waals surface area contributed by atoms with Gasteiger partial charge in [0, 0.05) is 0 Å². The Morgan fingerprint density at radius 2 is 2.50 bits per heavy atom. The number of rotatable bonds is 1. The van der Waals surface area contributed by atoms with E-state index in [-0.39, 0.29) is 18.3 Å². The zero-order valence-electron chi connectivity index (χ0n) is 7.71. The molecule has 68 valence electrons. The van der Waals surface area contributed by atoms with Crippen molar-refractivity contribution in [2.24, 2.45) is 5.92 Å². The zero-order chi connectivity index (χ0) is 8.77. The van der Waals surface area contributed by atoms with E-state index in [0.29, 0.717) is 5.92 Å². The lowest BCUT2D eigenvalue weighted by Gasteiger charge is -2.26. The second-order valence-electron chi connectivity index (χ2n) is 4.19. The predicted molar refractivity (Wildman–Crippen MR) is 46.8 cm³/mol. The summed E-state index contributed by atoms with van der Waals surface area (Å²) in [5, 5.41) is 9.21. The Balaban J connectivity index is 2.21. The Morgan fingerprint density at radius 3 is 3.08 bits per heavy atom. The molecule has 2 aliphatic rings. The van der Waals surface area contributed by atoms with Gasteiger partial charge in [-0.3, -0.25) is 0 Å². The number of aliphatic hydroxyl groups is 1. The molecule has 0 unspecified atom stereocenters. The molecular formula is C10H16O2. The molecule has 1 heterocycles. The zero-order valence-corrected chi connectivity index (χ0v) is 7.71. The van der Waals surface area contributed by atoms with E-state index in [1.165, 1.54) is 5.57 Å². The van der Waals surface area contributed by atoms with Crippen molar-refractivity contribution in [2.45, 2.75) is 38.4 Å². The summed E-state index contributed by atoms with van der Waals surface area (Å²) < 4.78 is 5.82. The van der Waals surface area contributed by atoms with Crippen molar-refractivity contribution in [1.29, 1.82) is 0 Å². The molecule has 0 amide bonds. The first-order valence-electron chi connectivity index (χ1n) is 4.61. The molecule has 0 saturated carbocycles. The van der Waals surface area contributed by atoms with Gasteiger partial charge in [0.2, 0.25) is 0 Å². The average Bonchev–Trinajstić information content (AvgIpc) is 2.35. The minimum Gasteiger partial charge on any atom is -0.393 e. The Labute approximate surface area is 73.2 Å². The van der Waals surface area contributed by atoms with Gasteiger partial charge in [-0.25, -0.2) is 0 Å². The molecule has 0 aromatic carbocycles. The van der Waals surface area contributed by atoms with Crippen LogP contribution in [-0.2, 0) is 4.74 Å². The first-order valence-corrected chi connectivity index (χ1v) is 4.61. The first kappa shape index (κ1) is 8.27. The third kappa shape index (κ3) is 1.02. The van der Waals surface area contributed by atoms with Crippen molar-refractivity contribution < 1.29 is 9.84 Å². The fourth-order valence-electron chi connectivity index (χ4n) is 2.23. The summed E-state index contributed by atoms with van der Waals surface area (Å²) in [4.78, 5) is 0. The number of ether oxygens (including phenoxy) is 1. The van der Waals surface area contributed by atoms with E-state index < -0.39 is 0 Å². The third-order valence-electron chi connectivity index (χ3n) is 3.32. The molecule has 12 heavy (non-hydrogen) atoms. The molecule has 1 aliphatic carbocycles. The molecule has 0 radical (unpaired) electrons. The second-order valence-corrected chi connectivity index (χ2v) is 4.19. The number of fused-ring (bicyclic) bond motifs is 2. The fourth-order valence-corrected chi connectivity index (χ4v) is 2.23. The molecule has 1 N–H and O–H groups in total. The summed E-state index contributed by atoms with van der Waals surface area (Å²) in [5.74, 6) is 0.524. The van der Waals surface area contributed by atoms with Gasteiger partial charge in [0.25, 0.3) is 0 Å². The Hall–Kier alpha value is -0.340. The topological polar surface area (TPSA) is 29.5 Å². The summed E-state index contributed by atoms with van der Waals surface area (Å²) >= 11 is 0. The molecule has 1 saturated heterocycles. The number of allylic oxidation sites excluding steroid dienone is 1. The minimum atomic E-state index is -0.279. The molecule has 0 aromatic heterocycles. The normalized spacial score (nSPS) is 46.1. The van der Waals surface area contributed by atoms with E-state index in [2.05, 4.69) is 13.0 Å². The van der Waals surface area contributed by atoms with Crippen molar-refractivity contribution in [3.8, 4) is 0 Å². The van der Waals surface area contributed by atoms with Crippen LogP contribution in [0.2, 0.25) is 0 Å². The Kier molecular flexibility index (Phi) is 1.77. The molecule has 2 heteroatoms. The van der Waals surface area contributed by atoms with Crippen LogP contribution in [0.1, 0.15) is 26.7 Å². The lowest BCUT2D eigenvalue weighted by molar-refractivity contribution is -0.0642. The quantitative estimate of drug-likeness (QED) is 0.601. The van der Waals surface area contributed by atoms with E-state index in [4.69, 9.17) is 4.74 Å². The van der Waals surface area contributed by atoms with Crippen molar-refractivity contribution in [1.82, 2.24) is 0 Å². The van der Waals surface area contributed by atoms with Gasteiger partial charge < -0.3 is 9.84 Å². The number of hydrogen-bond donors (Lipinski definition) is 1. The molecule has 1 aliphatic heterocycles. The Morgan fingerprint density at radius 1 is 1.75 bits per heavy atom. The van der Waals surface area contributed by atoms with E-state index >= 15 is 0 Å². The lowest BCUT2D eigenvalue weighted by atomic mass is 9.82. The molecule has 2 rings (SSSR count). The van der Waals surface area contributed by atoms with E-state index in [9.17, 15) is 5.11 Å². The van der Waals surface area contributed by atoms with Crippen LogP contribution in [0.15, 0.2) is 11.6 Å². The van der Waals surface area contributed by atoms with Crippen LogP contribution in [0.25, 0.3) is 0 Å². The van der Waals surface area contributed by atoms with Crippen LogP contribution >= 0.6 is 0 Å². The first-order chi connectivity index (χ1) is 5.65. The highest BCUT2D eigenvalue weighted by molar-refractivity contribution is 5.16. The molecule has 2 nitrogen and oxygen atoms in total.